The molecule has 78 heavy (non-hydrogen) atoms. The van der Waals surface area contributed by atoms with Gasteiger partial charge in [-0.25, -0.2) is 0 Å². The Hall–Kier alpha value is -3.41. The van der Waals surface area contributed by atoms with E-state index in [-0.39, 0.29) is 31.1 Å². The zero-order chi connectivity index (χ0) is 56.4. The number of hydrogen-bond donors (Lipinski definition) is 0. The maximum atomic E-state index is 12.8. The van der Waals surface area contributed by atoms with Crippen LogP contribution in [0, 0.1) is 0 Å². The van der Waals surface area contributed by atoms with E-state index in [4.69, 9.17) is 14.2 Å². The van der Waals surface area contributed by atoms with Crippen LogP contribution in [0.3, 0.4) is 0 Å². The summed E-state index contributed by atoms with van der Waals surface area (Å²) >= 11 is 0. The minimum Gasteiger partial charge on any atom is -0.462 e. The van der Waals surface area contributed by atoms with Gasteiger partial charge >= 0.3 is 17.9 Å². The fourth-order valence-corrected chi connectivity index (χ4v) is 9.63. The molecule has 1 atom stereocenters. The molecule has 0 heterocycles. The zero-order valence-corrected chi connectivity index (χ0v) is 51.7. The standard InChI is InChI=1S/C72H126O6/c1-4-7-10-13-16-19-22-25-26-27-28-29-30-31-32-33-34-35-36-37-38-39-40-41-42-43-44-45-46-48-50-53-56-59-62-65-71(74)77-68-69(67-76-70(73)64-61-58-55-52-49-24-21-18-15-12-9-6-3)78-72(75)66-63-60-57-54-51-47-23-20-17-14-11-8-5-2/h7,10-11,14,16,19-20,23,25-26,28-29,31-32,69H,4-6,8-9,12-13,15,17-18,21-22,24,27,30,33-68H2,1-3H3/b10-7-,14-11-,19-16-,23-20-,26-25-,29-28-,32-31-. The second-order valence-electron chi connectivity index (χ2n) is 22.4. The summed E-state index contributed by atoms with van der Waals surface area (Å²) in [5.41, 5.74) is 0. The van der Waals surface area contributed by atoms with Gasteiger partial charge in [-0.3, -0.25) is 14.4 Å². The van der Waals surface area contributed by atoms with Crippen molar-refractivity contribution >= 4 is 17.9 Å². The highest BCUT2D eigenvalue weighted by Gasteiger charge is 2.19. The maximum Gasteiger partial charge on any atom is 0.306 e. The Morgan fingerprint density at radius 1 is 0.269 bits per heavy atom. The van der Waals surface area contributed by atoms with Gasteiger partial charge in [0.05, 0.1) is 0 Å². The van der Waals surface area contributed by atoms with Gasteiger partial charge in [0.25, 0.3) is 0 Å². The largest absolute Gasteiger partial charge is 0.462 e. The number of esters is 3. The van der Waals surface area contributed by atoms with Crippen molar-refractivity contribution < 1.29 is 28.6 Å². The van der Waals surface area contributed by atoms with Gasteiger partial charge in [-0.1, -0.05) is 311 Å². The quantitative estimate of drug-likeness (QED) is 0.0261. The number of carbonyl (C=O) groups is 3. The second kappa shape index (κ2) is 66.1. The summed E-state index contributed by atoms with van der Waals surface area (Å²) in [7, 11) is 0. The van der Waals surface area contributed by atoms with E-state index in [1.54, 1.807) is 0 Å². The predicted octanol–water partition coefficient (Wildman–Crippen LogP) is 23.1. The van der Waals surface area contributed by atoms with E-state index in [1.807, 2.05) is 0 Å². The Labute approximate surface area is 484 Å². The Kier molecular flexibility index (Phi) is 63.2. The molecule has 0 aliphatic heterocycles. The van der Waals surface area contributed by atoms with Gasteiger partial charge in [0.15, 0.2) is 6.10 Å². The van der Waals surface area contributed by atoms with Crippen molar-refractivity contribution in [1.29, 1.82) is 0 Å². The van der Waals surface area contributed by atoms with E-state index in [0.717, 1.165) is 122 Å². The SMILES string of the molecule is CC/C=C\C/C=C\C/C=C\C/C=C\C/C=C\CCCCCCCCCCCCCCCCCCCCCC(=O)OCC(COC(=O)CCCCCCCCCCCCCC)OC(=O)CCCCCCC/C=C\C/C=C\CCC. The van der Waals surface area contributed by atoms with Gasteiger partial charge in [0.1, 0.15) is 13.2 Å². The first kappa shape index (κ1) is 74.6. The van der Waals surface area contributed by atoms with Crippen LogP contribution in [0.25, 0.3) is 0 Å². The molecule has 0 bridgehead atoms. The average molecular weight is 1090 g/mol. The van der Waals surface area contributed by atoms with Gasteiger partial charge in [0.2, 0.25) is 0 Å². The first-order chi connectivity index (χ1) is 38.5. The summed E-state index contributed by atoms with van der Waals surface area (Å²) in [5.74, 6) is -0.875. The highest BCUT2D eigenvalue weighted by Crippen LogP contribution is 2.17. The molecule has 0 aliphatic rings. The van der Waals surface area contributed by atoms with Crippen LogP contribution in [0.1, 0.15) is 335 Å². The molecular formula is C72H126O6. The Morgan fingerprint density at radius 3 is 0.833 bits per heavy atom. The first-order valence-corrected chi connectivity index (χ1v) is 33.6. The molecule has 0 amide bonds. The van der Waals surface area contributed by atoms with Crippen molar-refractivity contribution in [2.24, 2.45) is 0 Å². The zero-order valence-electron chi connectivity index (χ0n) is 51.7. The molecule has 450 valence electrons. The summed E-state index contributed by atoms with van der Waals surface area (Å²) < 4.78 is 16.9. The number of ether oxygens (including phenoxy) is 3. The molecule has 0 aromatic heterocycles. The molecule has 6 heteroatoms. The number of rotatable bonds is 61. The molecule has 0 aliphatic carbocycles. The topological polar surface area (TPSA) is 78.9 Å². The lowest BCUT2D eigenvalue weighted by atomic mass is 10.0. The second-order valence-corrected chi connectivity index (χ2v) is 22.4. The number of allylic oxidation sites excluding steroid dienone is 14. The number of hydrogen-bond acceptors (Lipinski definition) is 6. The van der Waals surface area contributed by atoms with Gasteiger partial charge in [-0.05, 0) is 89.9 Å². The van der Waals surface area contributed by atoms with Crippen LogP contribution in [0.5, 0.6) is 0 Å². The van der Waals surface area contributed by atoms with Crippen molar-refractivity contribution in [3.63, 3.8) is 0 Å². The van der Waals surface area contributed by atoms with Gasteiger partial charge in [0, 0.05) is 19.3 Å². The summed E-state index contributed by atoms with van der Waals surface area (Å²) in [5, 5.41) is 0. The monoisotopic (exact) mass is 1090 g/mol. The average Bonchev–Trinajstić information content (AvgIpc) is 3.44. The third kappa shape index (κ3) is 63.4. The molecule has 0 N–H and O–H groups in total. The van der Waals surface area contributed by atoms with E-state index in [1.165, 1.54) is 173 Å². The predicted molar refractivity (Wildman–Crippen MR) is 339 cm³/mol. The minimum atomic E-state index is -0.779. The highest BCUT2D eigenvalue weighted by molar-refractivity contribution is 5.71. The van der Waals surface area contributed by atoms with Crippen molar-refractivity contribution in [2.45, 2.75) is 341 Å². The van der Waals surface area contributed by atoms with Gasteiger partial charge in [-0.15, -0.1) is 0 Å². The molecule has 1 unspecified atom stereocenters. The molecule has 0 radical (unpaired) electrons. The fraction of sp³-hybridized carbons (Fsp3) is 0.764. The highest BCUT2D eigenvalue weighted by atomic mass is 16.6. The molecule has 0 aromatic carbocycles. The van der Waals surface area contributed by atoms with Crippen LogP contribution in [-0.2, 0) is 28.6 Å². The molecule has 0 aromatic rings. The van der Waals surface area contributed by atoms with Crippen LogP contribution in [0.15, 0.2) is 85.1 Å². The van der Waals surface area contributed by atoms with E-state index in [9.17, 15) is 14.4 Å². The number of carbonyl (C=O) groups excluding carboxylic acids is 3. The fourth-order valence-electron chi connectivity index (χ4n) is 9.63. The van der Waals surface area contributed by atoms with Crippen LogP contribution < -0.4 is 0 Å². The van der Waals surface area contributed by atoms with Crippen molar-refractivity contribution in [2.75, 3.05) is 13.2 Å². The van der Waals surface area contributed by atoms with Crippen molar-refractivity contribution in [1.82, 2.24) is 0 Å². The van der Waals surface area contributed by atoms with E-state index >= 15 is 0 Å². The first-order valence-electron chi connectivity index (χ1n) is 33.6. The lowest BCUT2D eigenvalue weighted by Gasteiger charge is -2.18. The maximum absolute atomic E-state index is 12.8. The summed E-state index contributed by atoms with van der Waals surface area (Å²) in [6.45, 7) is 6.48. The Morgan fingerprint density at radius 2 is 0.526 bits per heavy atom. The molecule has 6 nitrogen and oxygen atoms in total. The normalized spacial score (nSPS) is 12.6. The molecular weight excluding hydrogens is 961 g/mol. The molecule has 0 saturated heterocycles. The van der Waals surface area contributed by atoms with E-state index in [2.05, 4.69) is 106 Å². The Bertz CT molecular complexity index is 1480. The lowest BCUT2D eigenvalue weighted by molar-refractivity contribution is -0.167. The molecule has 0 fully saturated rings. The third-order valence-electron chi connectivity index (χ3n) is 14.6. The van der Waals surface area contributed by atoms with Gasteiger partial charge < -0.3 is 14.2 Å². The van der Waals surface area contributed by atoms with Crippen LogP contribution in [0.2, 0.25) is 0 Å². The van der Waals surface area contributed by atoms with E-state index in [0.29, 0.717) is 19.3 Å². The van der Waals surface area contributed by atoms with Crippen LogP contribution in [-0.4, -0.2) is 37.2 Å². The molecule has 0 spiro atoms. The van der Waals surface area contributed by atoms with Gasteiger partial charge in [-0.2, -0.15) is 0 Å². The minimum absolute atomic E-state index is 0.0764. The summed E-state index contributed by atoms with van der Waals surface area (Å²) in [6, 6.07) is 0. The van der Waals surface area contributed by atoms with Crippen molar-refractivity contribution in [3.05, 3.63) is 85.1 Å². The lowest BCUT2D eigenvalue weighted by Crippen LogP contribution is -2.30. The molecule has 0 rings (SSSR count). The van der Waals surface area contributed by atoms with Crippen LogP contribution in [0.4, 0.5) is 0 Å². The van der Waals surface area contributed by atoms with Crippen LogP contribution >= 0.6 is 0 Å². The van der Waals surface area contributed by atoms with Crippen molar-refractivity contribution in [3.8, 4) is 0 Å². The summed E-state index contributed by atoms with van der Waals surface area (Å²) in [6.07, 6.45) is 87.6. The molecule has 0 saturated carbocycles. The number of unbranched alkanes of at least 4 members (excludes halogenated alkanes) is 36. The third-order valence-corrected chi connectivity index (χ3v) is 14.6. The van der Waals surface area contributed by atoms with E-state index < -0.39 is 6.10 Å². The summed E-state index contributed by atoms with van der Waals surface area (Å²) in [4.78, 5) is 38.2. The Balaban J connectivity index is 4.06. The smallest absolute Gasteiger partial charge is 0.306 e.